The molecule has 0 unspecified atom stereocenters. The van der Waals surface area contributed by atoms with Crippen LogP contribution >= 0.6 is 15.8 Å². The molecule has 0 aliphatic heterocycles. The number of hydrogen-bond acceptors (Lipinski definition) is 11. The minimum Gasteiger partial charge on any atom is -0.262 e. The van der Waals surface area contributed by atoms with Crippen LogP contribution in [-0.4, -0.2) is 20.2 Å². The van der Waals surface area contributed by atoms with Crippen LogP contribution < -0.4 is 69.1 Å². The molecule has 1 N–H and O–H groups in total. The average Bonchev–Trinajstić information content (AvgIpc) is 3.78. The number of rotatable bonds is 7. The van der Waals surface area contributed by atoms with Crippen LogP contribution in [0.15, 0.2) is 206 Å². The topological polar surface area (TPSA) is 239 Å². The van der Waals surface area contributed by atoms with Crippen molar-refractivity contribution in [2.24, 2.45) is 0 Å². The van der Waals surface area contributed by atoms with Gasteiger partial charge in [0.05, 0.1) is 0 Å². The van der Waals surface area contributed by atoms with E-state index in [1.807, 2.05) is 18.2 Å². The zero-order chi connectivity index (χ0) is 45.7. The summed E-state index contributed by atoms with van der Waals surface area (Å²) in [6.45, 7) is 6.28. The molecule has 0 atom stereocenters. The number of benzene rings is 6. The van der Waals surface area contributed by atoms with Gasteiger partial charge in [0.15, 0.2) is 5.82 Å². The molecule has 335 valence electrons. The van der Waals surface area contributed by atoms with Gasteiger partial charge in [-0.2, -0.15) is 5.10 Å². The number of H-pyrrole nitrogens is 1. The number of hydrogen-bond donors (Lipinski definition) is 1. The molecule has 0 fully saturated rings. The number of aromatic nitrogens is 4. The van der Waals surface area contributed by atoms with Gasteiger partial charge in [0, 0.05) is 11.6 Å². The minimum absolute atomic E-state index is 0. The van der Waals surface area contributed by atoms with E-state index in [0.29, 0.717) is 5.82 Å². The third-order valence-electron chi connectivity index (χ3n) is 8.18. The first-order chi connectivity index (χ1) is 30.0. The Morgan fingerprint density at radius 2 is 0.656 bits per heavy atom. The zero-order valence-corrected chi connectivity index (χ0v) is 38.9. The summed E-state index contributed by atoms with van der Waals surface area (Å²) in [6.07, 6.45) is 1.74. The fourth-order valence-electron chi connectivity index (χ4n) is 5.56. The standard InChI is InChI=1S/2C18H15P.C11H14N4.2ClHO4.Cu/c2*1-4-10-16(11-5-1)19(17-12-6-2-7-13-17)18-14-8-3-9-15-18;1-11(2,3)10-13-9(14-15-10)8-6-4-5-7-12-8;2*2-1(3,4)5;/h2*1-15H;4-7H,1-3H3,(H,13,14,15);2*(H,2,3,4,5);/q;;;;;+2/p-2. The van der Waals surface area contributed by atoms with Crippen LogP contribution in [0.1, 0.15) is 26.6 Å². The van der Waals surface area contributed by atoms with Crippen molar-refractivity contribution in [2.45, 2.75) is 26.2 Å². The van der Waals surface area contributed by atoms with E-state index in [2.05, 4.69) is 223 Å². The van der Waals surface area contributed by atoms with Crippen LogP contribution in [0.4, 0.5) is 0 Å². The Hall–Kier alpha value is -4.75. The summed E-state index contributed by atoms with van der Waals surface area (Å²) in [7, 11) is -10.8. The van der Waals surface area contributed by atoms with Crippen molar-refractivity contribution in [1.82, 2.24) is 20.2 Å². The van der Waals surface area contributed by atoms with Crippen molar-refractivity contribution in [1.29, 1.82) is 0 Å². The van der Waals surface area contributed by atoms with Crippen LogP contribution in [0.5, 0.6) is 0 Å². The van der Waals surface area contributed by atoms with Gasteiger partial charge in [-0.3, -0.25) is 10.1 Å². The van der Waals surface area contributed by atoms with E-state index in [9.17, 15) is 0 Å². The second kappa shape index (κ2) is 26.9. The van der Waals surface area contributed by atoms with Gasteiger partial charge in [-0.1, -0.05) is 209 Å². The van der Waals surface area contributed by atoms with Crippen molar-refractivity contribution < 1.29 is 74.8 Å². The molecule has 1 radical (unpaired) electrons. The van der Waals surface area contributed by atoms with Gasteiger partial charge in [-0.15, -0.1) is 20.5 Å². The molecule has 2 aromatic heterocycles. The Labute approximate surface area is 390 Å². The van der Waals surface area contributed by atoms with Crippen molar-refractivity contribution in [3.05, 3.63) is 212 Å². The van der Waals surface area contributed by atoms with Gasteiger partial charge in [-0.05, 0) is 59.8 Å². The molecule has 6 aromatic carbocycles. The van der Waals surface area contributed by atoms with Crippen molar-refractivity contribution in [3.8, 4) is 11.5 Å². The molecule has 8 rings (SSSR count). The third-order valence-corrected chi connectivity index (χ3v) is 13.1. The Balaban J connectivity index is 0.000000230. The predicted molar refractivity (Wildman–Crippen MR) is 229 cm³/mol. The number of halogens is 2. The Bertz CT molecular complexity index is 2110. The summed E-state index contributed by atoms with van der Waals surface area (Å²) < 4.78 is 67.9. The molecular formula is C47H44Cl2CuN4O8P2. The fourth-order valence-corrected chi connectivity index (χ4v) is 10.2. The molecule has 17 heteroatoms. The Morgan fingerprint density at radius 1 is 0.406 bits per heavy atom. The molecule has 0 aliphatic rings. The molecule has 12 nitrogen and oxygen atoms in total. The number of nitrogens with zero attached hydrogens (tertiary/aromatic N) is 3. The second-order valence-corrected chi connectivity index (χ2v) is 19.9. The molecule has 8 aromatic rings. The van der Waals surface area contributed by atoms with Gasteiger partial charge in [0.1, 0.15) is 11.5 Å². The maximum absolute atomic E-state index is 8.49. The number of nitrogens with one attached hydrogen (secondary N) is 1. The summed E-state index contributed by atoms with van der Waals surface area (Å²) in [5.41, 5.74) is 0.782. The van der Waals surface area contributed by atoms with Crippen molar-refractivity contribution in [2.75, 3.05) is 0 Å². The van der Waals surface area contributed by atoms with E-state index >= 15 is 0 Å². The molecule has 2 heterocycles. The average molecular weight is 989 g/mol. The van der Waals surface area contributed by atoms with Gasteiger partial charge < -0.3 is 0 Å². The largest absolute Gasteiger partial charge is 2.00 e. The zero-order valence-electron chi connectivity index (χ0n) is 34.7. The van der Waals surface area contributed by atoms with E-state index < -0.39 is 36.3 Å². The first kappa shape index (κ1) is 53.6. The number of aromatic amines is 1. The molecule has 0 spiro atoms. The third kappa shape index (κ3) is 20.4. The monoisotopic (exact) mass is 987 g/mol. The van der Waals surface area contributed by atoms with Crippen molar-refractivity contribution in [3.63, 3.8) is 0 Å². The molecule has 64 heavy (non-hydrogen) atoms. The second-order valence-electron chi connectivity index (χ2n) is 13.9. The maximum atomic E-state index is 8.49. The van der Waals surface area contributed by atoms with Crippen molar-refractivity contribution >= 4 is 47.7 Å². The molecule has 0 saturated carbocycles. The SMILES string of the molecule is CC(C)(C)c1nc(-c2ccccn2)n[nH]1.[Cu+2].[O-][Cl+3]([O-])([O-])[O-].[O-][Cl+3]([O-])([O-])[O-].c1ccc(P(c2ccccc2)c2ccccc2)cc1.c1ccc(P(c2ccccc2)c2ccccc2)cc1. The molecule has 0 aliphatic carbocycles. The summed E-state index contributed by atoms with van der Waals surface area (Å²) in [4.78, 5) is 8.62. The first-order valence-electron chi connectivity index (χ1n) is 19.0. The van der Waals surface area contributed by atoms with Gasteiger partial charge >= 0.3 is 17.1 Å². The van der Waals surface area contributed by atoms with Gasteiger partial charge in [0.25, 0.3) is 0 Å². The van der Waals surface area contributed by atoms with Gasteiger partial charge in [-0.25, -0.2) is 42.3 Å². The smallest absolute Gasteiger partial charge is 0.262 e. The predicted octanol–water partition coefficient (Wildman–Crippen LogP) is -0.461. The van der Waals surface area contributed by atoms with E-state index in [-0.39, 0.29) is 22.5 Å². The van der Waals surface area contributed by atoms with E-state index in [1.165, 1.54) is 31.8 Å². The quantitative estimate of drug-likeness (QED) is 0.158. The Morgan fingerprint density at radius 3 is 0.859 bits per heavy atom. The minimum atomic E-state index is -4.94. The Kier molecular flexibility index (Phi) is 22.5. The fraction of sp³-hybridized carbons (Fsp3) is 0.0851. The molecular weight excluding hydrogens is 945 g/mol. The van der Waals surface area contributed by atoms with E-state index in [1.54, 1.807) is 6.20 Å². The first-order valence-corrected chi connectivity index (χ1v) is 24.1. The summed E-state index contributed by atoms with van der Waals surface area (Å²) >= 11 is 0. The van der Waals surface area contributed by atoms with Crippen LogP contribution in [0.25, 0.3) is 11.5 Å². The summed E-state index contributed by atoms with van der Waals surface area (Å²) in [5.74, 6) is 1.53. The molecule has 0 bridgehead atoms. The normalized spacial score (nSPS) is 10.9. The van der Waals surface area contributed by atoms with Crippen LogP contribution in [0, 0.1) is 20.5 Å². The maximum Gasteiger partial charge on any atom is 2.00 e. The van der Waals surface area contributed by atoms with E-state index in [0.717, 1.165) is 11.5 Å². The van der Waals surface area contributed by atoms with Crippen LogP contribution in [-0.2, 0) is 22.5 Å². The van der Waals surface area contributed by atoms with Crippen LogP contribution in [0.3, 0.4) is 0 Å². The molecule has 0 saturated heterocycles. The van der Waals surface area contributed by atoms with E-state index in [4.69, 9.17) is 37.3 Å². The molecule has 0 amide bonds. The summed E-state index contributed by atoms with van der Waals surface area (Å²) in [5, 5.41) is 15.5. The van der Waals surface area contributed by atoms with Gasteiger partial charge in [0.2, 0.25) is 0 Å². The van der Waals surface area contributed by atoms with Crippen LogP contribution in [0.2, 0.25) is 0 Å². The summed E-state index contributed by atoms with van der Waals surface area (Å²) in [6, 6.07) is 70.4. The number of pyridine rings is 1.